The summed E-state index contributed by atoms with van der Waals surface area (Å²) in [5, 5.41) is 3.04. The highest BCUT2D eigenvalue weighted by Gasteiger charge is 2.33. The van der Waals surface area contributed by atoms with Crippen LogP contribution in [0.3, 0.4) is 0 Å². The quantitative estimate of drug-likeness (QED) is 0.487. The monoisotopic (exact) mass is 496 g/mol. The first-order valence-corrected chi connectivity index (χ1v) is 13.4. The van der Waals surface area contributed by atoms with Crippen LogP contribution in [0.25, 0.3) is 0 Å². The number of hydrogen-bond acceptors (Lipinski definition) is 5. The molecule has 0 bridgehead atoms. The Kier molecular flexibility index (Phi) is 7.60. The van der Waals surface area contributed by atoms with Gasteiger partial charge in [-0.2, -0.15) is 4.31 Å². The summed E-state index contributed by atoms with van der Waals surface area (Å²) in [7, 11) is -2.15. The van der Waals surface area contributed by atoms with Crippen molar-refractivity contribution in [2.24, 2.45) is 5.92 Å². The second kappa shape index (κ2) is 10.6. The zero-order chi connectivity index (χ0) is 24.1. The molecular weight excluding hydrogens is 468 g/mol. The highest BCUT2D eigenvalue weighted by Crippen LogP contribution is 2.34. The number of carbonyl (C=O) groups excluding carboxylic acids is 1. The number of anilines is 1. The fourth-order valence-electron chi connectivity index (χ4n) is 4.04. The number of carbonyl (C=O) groups is 1. The molecule has 1 aliphatic rings. The third kappa shape index (κ3) is 5.46. The van der Waals surface area contributed by atoms with Gasteiger partial charge in [0.1, 0.15) is 5.75 Å². The number of aryl methyl sites for hydroxylation is 1. The van der Waals surface area contributed by atoms with Gasteiger partial charge in [0.2, 0.25) is 15.9 Å². The molecule has 0 spiro atoms. The minimum Gasteiger partial charge on any atom is -0.496 e. The van der Waals surface area contributed by atoms with E-state index in [4.69, 9.17) is 4.74 Å². The number of sulfonamides is 1. The summed E-state index contributed by atoms with van der Waals surface area (Å²) >= 11 is 1.58. The second-order valence-corrected chi connectivity index (χ2v) is 11.3. The van der Waals surface area contributed by atoms with E-state index < -0.39 is 15.9 Å². The summed E-state index contributed by atoms with van der Waals surface area (Å²) in [5.74, 6) is 0.0615. The third-order valence-corrected chi connectivity index (χ3v) is 8.82. The molecule has 0 saturated carbocycles. The van der Waals surface area contributed by atoms with Gasteiger partial charge in [0.05, 0.1) is 23.6 Å². The van der Waals surface area contributed by atoms with Crippen LogP contribution in [-0.4, -0.2) is 38.8 Å². The van der Waals surface area contributed by atoms with E-state index in [-0.39, 0.29) is 17.3 Å². The molecule has 0 aliphatic carbocycles. The molecule has 3 aromatic rings. The van der Waals surface area contributed by atoms with E-state index in [1.807, 2.05) is 61.5 Å². The molecule has 1 atom stereocenters. The van der Waals surface area contributed by atoms with Crippen molar-refractivity contribution in [2.45, 2.75) is 34.5 Å². The lowest BCUT2D eigenvalue weighted by Crippen LogP contribution is -2.43. The van der Waals surface area contributed by atoms with Crippen LogP contribution in [0.15, 0.2) is 87.5 Å². The normalized spacial score (nSPS) is 16.7. The molecule has 3 aromatic carbocycles. The summed E-state index contributed by atoms with van der Waals surface area (Å²) in [6.07, 6.45) is 1.28. The summed E-state index contributed by atoms with van der Waals surface area (Å²) in [6, 6.07) is 22.5. The van der Waals surface area contributed by atoms with Gasteiger partial charge in [0.25, 0.3) is 0 Å². The SMILES string of the molecule is COc1ccc(S(=O)(=O)N2CCCC(C(=O)Nc3ccccc3Sc3ccccc3)C2)cc1C. The van der Waals surface area contributed by atoms with Crippen molar-refractivity contribution < 1.29 is 17.9 Å². The van der Waals surface area contributed by atoms with Gasteiger partial charge >= 0.3 is 0 Å². The standard InChI is InChI=1S/C26H28N2O4S2/c1-19-17-22(14-15-24(19)32-2)34(30,31)28-16-8-9-20(18-28)26(29)27-23-12-6-7-13-25(23)33-21-10-4-3-5-11-21/h3-7,10-15,17,20H,8-9,16,18H2,1-2H3,(H,27,29). The average molecular weight is 497 g/mol. The Morgan fingerprint density at radius 3 is 2.53 bits per heavy atom. The van der Waals surface area contributed by atoms with E-state index in [0.29, 0.717) is 25.1 Å². The van der Waals surface area contributed by atoms with Gasteiger partial charge in [-0.05, 0) is 67.8 Å². The lowest BCUT2D eigenvalue weighted by Gasteiger charge is -2.31. The Labute approximate surface area is 205 Å². The minimum atomic E-state index is -3.70. The molecule has 34 heavy (non-hydrogen) atoms. The molecule has 0 aromatic heterocycles. The Morgan fingerprint density at radius 1 is 1.06 bits per heavy atom. The summed E-state index contributed by atoms with van der Waals surface area (Å²) in [5.41, 5.74) is 1.48. The van der Waals surface area contributed by atoms with Gasteiger partial charge in [-0.15, -0.1) is 0 Å². The molecule has 1 N–H and O–H groups in total. The van der Waals surface area contributed by atoms with Crippen LogP contribution < -0.4 is 10.1 Å². The first kappa shape index (κ1) is 24.3. The molecule has 6 nitrogen and oxygen atoms in total. The van der Waals surface area contributed by atoms with Gasteiger partial charge in [-0.25, -0.2) is 8.42 Å². The van der Waals surface area contributed by atoms with Crippen LogP contribution in [0, 0.1) is 12.8 Å². The maximum atomic E-state index is 13.3. The van der Waals surface area contributed by atoms with Crippen molar-refractivity contribution in [1.82, 2.24) is 4.31 Å². The molecule has 1 amide bonds. The molecule has 1 fully saturated rings. The number of piperidine rings is 1. The van der Waals surface area contributed by atoms with E-state index in [1.165, 1.54) is 4.31 Å². The Bertz CT molecular complexity index is 1260. The number of rotatable bonds is 7. The number of methoxy groups -OCH3 is 1. The zero-order valence-electron chi connectivity index (χ0n) is 19.2. The molecule has 1 aliphatic heterocycles. The fraction of sp³-hybridized carbons (Fsp3) is 0.269. The summed E-state index contributed by atoms with van der Waals surface area (Å²) in [4.78, 5) is 15.4. The number of hydrogen-bond donors (Lipinski definition) is 1. The number of para-hydroxylation sites is 1. The van der Waals surface area contributed by atoms with Crippen molar-refractivity contribution in [3.8, 4) is 5.75 Å². The first-order chi connectivity index (χ1) is 16.4. The molecule has 178 valence electrons. The van der Waals surface area contributed by atoms with E-state index in [0.717, 1.165) is 21.0 Å². The van der Waals surface area contributed by atoms with Crippen LogP contribution in [0.5, 0.6) is 5.75 Å². The fourth-order valence-corrected chi connectivity index (χ4v) is 6.58. The predicted molar refractivity (Wildman–Crippen MR) is 135 cm³/mol. The third-order valence-electron chi connectivity index (χ3n) is 5.87. The predicted octanol–water partition coefficient (Wildman–Crippen LogP) is 5.19. The number of nitrogens with one attached hydrogen (secondary N) is 1. The number of ether oxygens (including phenoxy) is 1. The van der Waals surface area contributed by atoms with Gasteiger partial charge in [-0.1, -0.05) is 42.1 Å². The molecule has 1 heterocycles. The highest BCUT2D eigenvalue weighted by atomic mass is 32.2. The van der Waals surface area contributed by atoms with Crippen molar-refractivity contribution in [3.63, 3.8) is 0 Å². The second-order valence-electron chi connectivity index (χ2n) is 8.23. The Morgan fingerprint density at radius 2 is 1.79 bits per heavy atom. The molecule has 4 rings (SSSR count). The number of amides is 1. The lowest BCUT2D eigenvalue weighted by molar-refractivity contribution is -0.120. The zero-order valence-corrected chi connectivity index (χ0v) is 20.9. The maximum absolute atomic E-state index is 13.3. The topological polar surface area (TPSA) is 75.7 Å². The summed E-state index contributed by atoms with van der Waals surface area (Å²) in [6.45, 7) is 2.38. The Balaban J connectivity index is 1.48. The van der Waals surface area contributed by atoms with E-state index in [2.05, 4.69) is 5.32 Å². The minimum absolute atomic E-state index is 0.160. The smallest absolute Gasteiger partial charge is 0.243 e. The van der Waals surface area contributed by atoms with Crippen LogP contribution in [0.4, 0.5) is 5.69 Å². The van der Waals surface area contributed by atoms with Gasteiger partial charge in [0, 0.05) is 22.9 Å². The Hall–Kier alpha value is -2.81. The van der Waals surface area contributed by atoms with Gasteiger partial charge in [-0.3, -0.25) is 4.79 Å². The van der Waals surface area contributed by atoms with Crippen molar-refractivity contribution in [3.05, 3.63) is 78.4 Å². The van der Waals surface area contributed by atoms with E-state index in [9.17, 15) is 13.2 Å². The first-order valence-electron chi connectivity index (χ1n) is 11.2. The van der Waals surface area contributed by atoms with Crippen LogP contribution in [0.2, 0.25) is 0 Å². The van der Waals surface area contributed by atoms with Crippen molar-refractivity contribution in [1.29, 1.82) is 0 Å². The highest BCUT2D eigenvalue weighted by molar-refractivity contribution is 7.99. The van der Waals surface area contributed by atoms with Crippen molar-refractivity contribution in [2.75, 3.05) is 25.5 Å². The van der Waals surface area contributed by atoms with E-state index in [1.54, 1.807) is 37.1 Å². The summed E-state index contributed by atoms with van der Waals surface area (Å²) < 4.78 is 33.2. The molecule has 8 heteroatoms. The van der Waals surface area contributed by atoms with Gasteiger partial charge < -0.3 is 10.1 Å². The van der Waals surface area contributed by atoms with Crippen LogP contribution >= 0.6 is 11.8 Å². The maximum Gasteiger partial charge on any atom is 0.243 e. The van der Waals surface area contributed by atoms with Crippen LogP contribution in [0.1, 0.15) is 18.4 Å². The van der Waals surface area contributed by atoms with E-state index >= 15 is 0 Å². The molecule has 0 radical (unpaired) electrons. The number of nitrogens with zero attached hydrogens (tertiary/aromatic N) is 1. The largest absolute Gasteiger partial charge is 0.496 e. The number of benzene rings is 3. The van der Waals surface area contributed by atoms with Crippen molar-refractivity contribution >= 4 is 33.4 Å². The molecule has 1 unspecified atom stereocenters. The van der Waals surface area contributed by atoms with Crippen LogP contribution in [-0.2, 0) is 14.8 Å². The average Bonchev–Trinajstić information content (AvgIpc) is 2.86. The van der Waals surface area contributed by atoms with Gasteiger partial charge in [0.15, 0.2) is 0 Å². The molecule has 1 saturated heterocycles. The molecular formula is C26H28N2O4S2. The lowest BCUT2D eigenvalue weighted by atomic mass is 9.99.